The molecule has 1 aliphatic heterocycles. The summed E-state index contributed by atoms with van der Waals surface area (Å²) in [6.45, 7) is 3.55. The predicted molar refractivity (Wildman–Crippen MR) is 95.2 cm³/mol. The average Bonchev–Trinajstić information content (AvgIpc) is 2.46. The number of ether oxygens (including phenoxy) is 1. The van der Waals surface area contributed by atoms with Gasteiger partial charge in [0.1, 0.15) is 5.75 Å². The number of carbonyl (C=O) groups is 1. The third kappa shape index (κ3) is 4.23. The first-order valence-corrected chi connectivity index (χ1v) is 7.99. The molecule has 0 aliphatic carbocycles. The summed E-state index contributed by atoms with van der Waals surface area (Å²) < 4.78 is 6.10. The van der Waals surface area contributed by atoms with Crippen molar-refractivity contribution < 1.29 is 9.53 Å². The molecule has 0 bridgehead atoms. The maximum Gasteiger partial charge on any atom is 0.255 e. The summed E-state index contributed by atoms with van der Waals surface area (Å²) in [5.74, 6) is 1.50. The van der Waals surface area contributed by atoms with Crippen molar-refractivity contribution in [1.29, 1.82) is 0 Å². The number of methoxy groups -OCH3 is 1. The Balaban J connectivity index is 0.00000220. The number of nitrogens with zero attached hydrogens (tertiary/aromatic N) is 1. The molecule has 2 rings (SSSR count). The van der Waals surface area contributed by atoms with Gasteiger partial charge in [-0.15, -0.1) is 12.4 Å². The summed E-state index contributed by atoms with van der Waals surface area (Å²) in [4.78, 5) is 14.7. The number of carbonyl (C=O) groups excluding carboxylic acids is 1. The first-order chi connectivity index (χ1) is 9.56. The summed E-state index contributed by atoms with van der Waals surface area (Å²) in [6.07, 6.45) is 2.05. The molecule has 1 fully saturated rings. The molecule has 0 aromatic heterocycles. The van der Waals surface area contributed by atoms with E-state index in [1.807, 2.05) is 23.1 Å². The summed E-state index contributed by atoms with van der Waals surface area (Å²) in [5.41, 5.74) is 6.58. The van der Waals surface area contributed by atoms with E-state index >= 15 is 0 Å². The lowest BCUT2D eigenvalue weighted by Crippen LogP contribution is -2.49. The van der Waals surface area contributed by atoms with Crippen molar-refractivity contribution in [3.05, 3.63) is 27.3 Å². The Morgan fingerprint density at radius 1 is 1.52 bits per heavy atom. The Morgan fingerprint density at radius 2 is 2.24 bits per heavy atom. The van der Waals surface area contributed by atoms with E-state index in [9.17, 15) is 4.79 Å². The molecule has 4 nitrogen and oxygen atoms in total. The van der Waals surface area contributed by atoms with E-state index in [-0.39, 0.29) is 24.4 Å². The summed E-state index contributed by atoms with van der Waals surface area (Å²) in [7, 11) is 1.63. The fourth-order valence-electron chi connectivity index (χ4n) is 2.69. The number of piperidine rings is 1. The van der Waals surface area contributed by atoms with Gasteiger partial charge in [0.05, 0.1) is 12.7 Å². The van der Waals surface area contributed by atoms with Crippen LogP contribution in [-0.2, 0) is 0 Å². The van der Waals surface area contributed by atoms with E-state index in [4.69, 9.17) is 10.5 Å². The molecule has 1 aliphatic rings. The van der Waals surface area contributed by atoms with Gasteiger partial charge in [-0.05, 0) is 59.5 Å². The molecule has 1 amide bonds. The van der Waals surface area contributed by atoms with Crippen LogP contribution in [0.4, 0.5) is 0 Å². The number of halogens is 2. The Hall–Kier alpha value is -0.530. The molecule has 0 spiro atoms. The first-order valence-electron chi connectivity index (χ1n) is 6.91. The van der Waals surface area contributed by atoms with Gasteiger partial charge in [-0.25, -0.2) is 0 Å². The molecule has 1 heterocycles. The highest BCUT2D eigenvalue weighted by atomic mass is 127. The summed E-state index contributed by atoms with van der Waals surface area (Å²) in [6, 6.07) is 5.72. The van der Waals surface area contributed by atoms with Gasteiger partial charge in [-0.1, -0.05) is 6.92 Å². The van der Waals surface area contributed by atoms with Crippen molar-refractivity contribution in [2.75, 3.05) is 20.2 Å². The molecular weight excluding hydrogens is 403 g/mol. The highest BCUT2D eigenvalue weighted by Gasteiger charge is 2.30. The van der Waals surface area contributed by atoms with E-state index in [1.165, 1.54) is 0 Å². The van der Waals surface area contributed by atoms with Crippen LogP contribution in [0, 0.1) is 9.49 Å². The standard InChI is InChI=1S/C15H21IN2O2.ClH/c1-10-5-6-18(11(7-10)9-17)15(19)13-4-3-12(20-2)8-14(13)16;/h3-4,8,10-11H,5-7,9,17H2,1-2H3;1H. The molecule has 2 N–H and O–H groups in total. The molecule has 0 saturated carbocycles. The maximum absolute atomic E-state index is 12.7. The van der Waals surface area contributed by atoms with Crippen LogP contribution in [0.25, 0.3) is 0 Å². The van der Waals surface area contributed by atoms with Gasteiger partial charge in [0.25, 0.3) is 5.91 Å². The molecule has 2 atom stereocenters. The minimum absolute atomic E-state index is 0. The fraction of sp³-hybridized carbons (Fsp3) is 0.533. The van der Waals surface area contributed by atoms with Crippen LogP contribution in [0.3, 0.4) is 0 Å². The van der Waals surface area contributed by atoms with Crippen LogP contribution < -0.4 is 10.5 Å². The topological polar surface area (TPSA) is 55.6 Å². The molecule has 1 aromatic carbocycles. The number of amides is 1. The molecule has 118 valence electrons. The third-order valence-electron chi connectivity index (χ3n) is 3.92. The quantitative estimate of drug-likeness (QED) is 0.759. The van der Waals surface area contributed by atoms with Gasteiger partial charge in [-0.3, -0.25) is 4.79 Å². The van der Waals surface area contributed by atoms with Gasteiger partial charge in [-0.2, -0.15) is 0 Å². The number of likely N-dealkylation sites (tertiary alicyclic amines) is 1. The van der Waals surface area contributed by atoms with E-state index in [0.717, 1.165) is 34.3 Å². The largest absolute Gasteiger partial charge is 0.497 e. The van der Waals surface area contributed by atoms with Crippen molar-refractivity contribution in [3.63, 3.8) is 0 Å². The normalized spacial score (nSPS) is 21.6. The monoisotopic (exact) mass is 424 g/mol. The highest BCUT2D eigenvalue weighted by Crippen LogP contribution is 2.26. The second kappa shape index (κ2) is 8.19. The van der Waals surface area contributed by atoms with E-state index in [0.29, 0.717) is 12.5 Å². The zero-order chi connectivity index (χ0) is 14.7. The minimum atomic E-state index is 0. The van der Waals surface area contributed by atoms with E-state index in [1.54, 1.807) is 7.11 Å². The number of nitrogens with two attached hydrogens (primary N) is 1. The Labute approximate surface area is 145 Å². The van der Waals surface area contributed by atoms with E-state index < -0.39 is 0 Å². The van der Waals surface area contributed by atoms with Crippen LogP contribution in [-0.4, -0.2) is 37.0 Å². The highest BCUT2D eigenvalue weighted by molar-refractivity contribution is 14.1. The van der Waals surface area contributed by atoms with Crippen molar-refractivity contribution in [3.8, 4) is 5.75 Å². The molecule has 2 unspecified atom stereocenters. The molecule has 1 aromatic rings. The zero-order valence-corrected chi connectivity index (χ0v) is 15.3. The number of benzene rings is 1. The molecular formula is C15H22ClIN2O2. The number of hydrogen-bond donors (Lipinski definition) is 1. The van der Waals surface area contributed by atoms with Gasteiger partial charge < -0.3 is 15.4 Å². The van der Waals surface area contributed by atoms with Crippen LogP contribution >= 0.6 is 35.0 Å². The first kappa shape index (κ1) is 18.5. The van der Waals surface area contributed by atoms with Gasteiger partial charge >= 0.3 is 0 Å². The summed E-state index contributed by atoms with van der Waals surface area (Å²) >= 11 is 2.19. The molecule has 6 heteroatoms. The van der Waals surface area contributed by atoms with Gasteiger partial charge in [0.15, 0.2) is 0 Å². The summed E-state index contributed by atoms with van der Waals surface area (Å²) in [5, 5.41) is 0. The van der Waals surface area contributed by atoms with Crippen molar-refractivity contribution in [2.45, 2.75) is 25.8 Å². The van der Waals surface area contributed by atoms with Crippen molar-refractivity contribution in [2.24, 2.45) is 11.7 Å². The second-order valence-electron chi connectivity index (χ2n) is 5.36. The van der Waals surface area contributed by atoms with Crippen LogP contribution in [0.5, 0.6) is 5.75 Å². The van der Waals surface area contributed by atoms with Gasteiger partial charge in [0.2, 0.25) is 0 Å². The third-order valence-corrected chi connectivity index (χ3v) is 4.81. The van der Waals surface area contributed by atoms with Crippen molar-refractivity contribution >= 4 is 40.9 Å². The fourth-order valence-corrected chi connectivity index (χ4v) is 3.41. The maximum atomic E-state index is 12.7. The van der Waals surface area contributed by atoms with Gasteiger partial charge in [0, 0.05) is 22.7 Å². The molecule has 1 saturated heterocycles. The lowest BCUT2D eigenvalue weighted by Gasteiger charge is -2.38. The zero-order valence-electron chi connectivity index (χ0n) is 12.3. The van der Waals surface area contributed by atoms with Crippen LogP contribution in [0.1, 0.15) is 30.1 Å². The van der Waals surface area contributed by atoms with Crippen LogP contribution in [0.15, 0.2) is 18.2 Å². The Morgan fingerprint density at radius 3 is 2.81 bits per heavy atom. The molecule has 21 heavy (non-hydrogen) atoms. The molecule has 0 radical (unpaired) electrons. The predicted octanol–water partition coefficient (Wildman–Crippen LogP) is 2.92. The minimum Gasteiger partial charge on any atom is -0.497 e. The number of hydrogen-bond acceptors (Lipinski definition) is 3. The lowest BCUT2D eigenvalue weighted by atomic mass is 9.92. The SMILES string of the molecule is COc1ccc(C(=O)N2CCC(C)CC2CN)c(I)c1.Cl. The lowest BCUT2D eigenvalue weighted by molar-refractivity contribution is 0.0572. The van der Waals surface area contributed by atoms with Crippen molar-refractivity contribution in [1.82, 2.24) is 4.90 Å². The Bertz CT molecular complexity index is 499. The number of rotatable bonds is 3. The van der Waals surface area contributed by atoms with E-state index in [2.05, 4.69) is 29.5 Å². The Kier molecular flexibility index (Phi) is 7.23. The second-order valence-corrected chi connectivity index (χ2v) is 6.53. The van der Waals surface area contributed by atoms with Crippen LogP contribution in [0.2, 0.25) is 0 Å². The average molecular weight is 425 g/mol. The smallest absolute Gasteiger partial charge is 0.255 e.